The number of hydrogen-bond acceptors (Lipinski definition) is 3. The van der Waals surface area contributed by atoms with Crippen molar-refractivity contribution >= 4 is 11.9 Å². The Balaban J connectivity index is 1.89. The van der Waals surface area contributed by atoms with Gasteiger partial charge in [-0.05, 0) is 30.4 Å². The number of carbonyl (C=O) groups is 2. The Morgan fingerprint density at radius 1 is 1.29 bits per heavy atom. The lowest BCUT2D eigenvalue weighted by Crippen LogP contribution is -2.28. The molecule has 126 valence electrons. The number of aryl methyl sites for hydroxylation is 1. The third kappa shape index (κ3) is 2.68. The summed E-state index contributed by atoms with van der Waals surface area (Å²) in [4.78, 5) is 24.3. The average Bonchev–Trinajstić information content (AvgIpc) is 3.09. The maximum Gasteiger partial charge on any atom is 0.311 e. The van der Waals surface area contributed by atoms with Crippen LogP contribution < -0.4 is 5.32 Å². The smallest absolute Gasteiger partial charge is 0.311 e. The van der Waals surface area contributed by atoms with Gasteiger partial charge in [0.05, 0.1) is 23.2 Å². The molecule has 0 saturated carbocycles. The number of nitrogens with one attached hydrogen (secondary N) is 2. The number of benzene rings is 1. The van der Waals surface area contributed by atoms with Crippen molar-refractivity contribution in [2.45, 2.75) is 45.1 Å². The maximum absolute atomic E-state index is 12.8. The minimum Gasteiger partial charge on any atom is -0.481 e. The standard InChI is InChI=1S/C18H21N3O3/c1-9(2)16-15(10(3)20-21-16)17(22)19-14-8-13(18(23)24)11-6-4-5-7-12(11)14/h4-7,9,13-14H,8H2,1-3H3,(H,19,22)(H,20,21)(H,23,24). The molecule has 6 heteroatoms. The second kappa shape index (κ2) is 6.11. The predicted molar refractivity (Wildman–Crippen MR) is 89.1 cm³/mol. The number of carboxylic acid groups (broad SMARTS) is 1. The summed E-state index contributed by atoms with van der Waals surface area (Å²) in [6.07, 6.45) is 0.369. The molecule has 3 rings (SSSR count). The van der Waals surface area contributed by atoms with Crippen molar-refractivity contribution in [3.05, 3.63) is 52.3 Å². The number of aromatic nitrogens is 2. The van der Waals surface area contributed by atoms with Crippen LogP contribution in [0, 0.1) is 6.92 Å². The number of nitrogens with zero attached hydrogens (tertiary/aromatic N) is 1. The van der Waals surface area contributed by atoms with Gasteiger partial charge in [-0.3, -0.25) is 14.7 Å². The van der Waals surface area contributed by atoms with E-state index in [0.29, 0.717) is 12.0 Å². The lowest BCUT2D eigenvalue weighted by atomic mass is 10.0. The number of aliphatic carboxylic acids is 1. The molecule has 24 heavy (non-hydrogen) atoms. The summed E-state index contributed by atoms with van der Waals surface area (Å²) in [6.45, 7) is 5.78. The molecule has 1 aliphatic carbocycles. The summed E-state index contributed by atoms with van der Waals surface area (Å²) in [6, 6.07) is 7.10. The fourth-order valence-corrected chi connectivity index (χ4v) is 3.39. The minimum absolute atomic E-state index is 0.123. The highest BCUT2D eigenvalue weighted by atomic mass is 16.4. The number of hydrogen-bond donors (Lipinski definition) is 3. The Kier molecular flexibility index (Phi) is 4.13. The normalized spacial score (nSPS) is 19.3. The van der Waals surface area contributed by atoms with Gasteiger partial charge < -0.3 is 10.4 Å². The van der Waals surface area contributed by atoms with Crippen molar-refractivity contribution in [3.8, 4) is 0 Å². The van der Waals surface area contributed by atoms with E-state index < -0.39 is 11.9 Å². The van der Waals surface area contributed by atoms with Gasteiger partial charge in [-0.15, -0.1) is 0 Å². The predicted octanol–water partition coefficient (Wildman–Crippen LogP) is 2.88. The summed E-state index contributed by atoms with van der Waals surface area (Å²) in [5.74, 6) is -1.53. The topological polar surface area (TPSA) is 95.1 Å². The quantitative estimate of drug-likeness (QED) is 0.804. The number of aromatic amines is 1. The third-order valence-corrected chi connectivity index (χ3v) is 4.57. The fraction of sp³-hybridized carbons (Fsp3) is 0.389. The van der Waals surface area contributed by atoms with Gasteiger partial charge in [0, 0.05) is 5.69 Å². The maximum atomic E-state index is 12.8. The number of rotatable bonds is 4. The Morgan fingerprint density at radius 2 is 1.96 bits per heavy atom. The van der Waals surface area contributed by atoms with Gasteiger partial charge in [0.15, 0.2) is 0 Å². The summed E-state index contributed by atoms with van der Waals surface area (Å²) in [5.41, 5.74) is 3.67. The van der Waals surface area contributed by atoms with Crippen molar-refractivity contribution < 1.29 is 14.7 Å². The summed E-state index contributed by atoms with van der Waals surface area (Å²) in [7, 11) is 0. The zero-order chi connectivity index (χ0) is 17.4. The number of amides is 1. The van der Waals surface area contributed by atoms with Crippen LogP contribution in [0.2, 0.25) is 0 Å². The molecule has 0 saturated heterocycles. The van der Waals surface area contributed by atoms with Crippen LogP contribution in [0.15, 0.2) is 24.3 Å². The van der Waals surface area contributed by atoms with E-state index in [-0.39, 0.29) is 17.9 Å². The molecule has 2 atom stereocenters. The van der Waals surface area contributed by atoms with Gasteiger partial charge in [-0.2, -0.15) is 5.10 Å². The molecule has 6 nitrogen and oxygen atoms in total. The van der Waals surface area contributed by atoms with E-state index in [1.807, 2.05) is 45.0 Å². The number of carbonyl (C=O) groups excluding carboxylic acids is 1. The summed E-state index contributed by atoms with van der Waals surface area (Å²) in [5, 5.41) is 19.5. The van der Waals surface area contributed by atoms with E-state index in [1.54, 1.807) is 0 Å². The van der Waals surface area contributed by atoms with E-state index >= 15 is 0 Å². The molecule has 2 aromatic rings. The van der Waals surface area contributed by atoms with Crippen LogP contribution in [0.3, 0.4) is 0 Å². The molecule has 1 aromatic carbocycles. The van der Waals surface area contributed by atoms with Gasteiger partial charge in [-0.1, -0.05) is 38.1 Å². The van der Waals surface area contributed by atoms with Crippen molar-refractivity contribution in [2.24, 2.45) is 0 Å². The van der Waals surface area contributed by atoms with Crippen LogP contribution in [0.4, 0.5) is 0 Å². The van der Waals surface area contributed by atoms with E-state index in [2.05, 4.69) is 15.5 Å². The molecule has 0 aliphatic heterocycles. The van der Waals surface area contributed by atoms with Crippen molar-refractivity contribution in [1.82, 2.24) is 15.5 Å². The van der Waals surface area contributed by atoms with Crippen LogP contribution in [-0.4, -0.2) is 27.2 Å². The van der Waals surface area contributed by atoms with Crippen molar-refractivity contribution in [2.75, 3.05) is 0 Å². The second-order valence-electron chi connectivity index (χ2n) is 6.55. The zero-order valence-electron chi connectivity index (χ0n) is 14.0. The van der Waals surface area contributed by atoms with E-state index in [0.717, 1.165) is 22.5 Å². The lowest BCUT2D eigenvalue weighted by molar-refractivity contribution is -0.138. The largest absolute Gasteiger partial charge is 0.481 e. The Hall–Kier alpha value is -2.63. The number of carboxylic acids is 1. The first-order chi connectivity index (χ1) is 11.4. The molecular weight excluding hydrogens is 306 g/mol. The Labute approximate surface area is 140 Å². The van der Waals surface area contributed by atoms with Crippen LogP contribution in [0.5, 0.6) is 0 Å². The SMILES string of the molecule is Cc1[nH]nc(C(C)C)c1C(=O)NC1CC(C(=O)O)c2ccccc21. The van der Waals surface area contributed by atoms with Crippen LogP contribution in [0.25, 0.3) is 0 Å². The van der Waals surface area contributed by atoms with Crippen LogP contribution in [-0.2, 0) is 4.79 Å². The van der Waals surface area contributed by atoms with Crippen molar-refractivity contribution in [1.29, 1.82) is 0 Å². The van der Waals surface area contributed by atoms with E-state index in [4.69, 9.17) is 0 Å². The van der Waals surface area contributed by atoms with Gasteiger partial charge in [0.2, 0.25) is 0 Å². The summed E-state index contributed by atoms with van der Waals surface area (Å²) < 4.78 is 0. The van der Waals surface area contributed by atoms with Gasteiger partial charge in [0.25, 0.3) is 5.91 Å². The summed E-state index contributed by atoms with van der Waals surface area (Å²) >= 11 is 0. The van der Waals surface area contributed by atoms with Crippen molar-refractivity contribution in [3.63, 3.8) is 0 Å². The molecule has 0 fully saturated rings. The molecular formula is C18H21N3O3. The molecule has 0 spiro atoms. The highest BCUT2D eigenvalue weighted by Gasteiger charge is 2.36. The third-order valence-electron chi connectivity index (χ3n) is 4.57. The molecule has 0 radical (unpaired) electrons. The molecule has 1 amide bonds. The highest BCUT2D eigenvalue weighted by molar-refractivity contribution is 5.97. The molecule has 3 N–H and O–H groups in total. The highest BCUT2D eigenvalue weighted by Crippen LogP contribution is 2.40. The average molecular weight is 327 g/mol. The minimum atomic E-state index is -0.860. The second-order valence-corrected chi connectivity index (χ2v) is 6.55. The molecule has 2 unspecified atom stereocenters. The molecule has 1 aliphatic rings. The monoisotopic (exact) mass is 327 g/mol. The Bertz CT molecular complexity index is 795. The first-order valence-electron chi connectivity index (χ1n) is 8.07. The zero-order valence-corrected chi connectivity index (χ0v) is 14.0. The van der Waals surface area contributed by atoms with Gasteiger partial charge in [0.1, 0.15) is 0 Å². The molecule has 0 bridgehead atoms. The molecule has 1 heterocycles. The first kappa shape index (κ1) is 16.2. The fourth-order valence-electron chi connectivity index (χ4n) is 3.39. The van der Waals surface area contributed by atoms with Crippen LogP contribution >= 0.6 is 0 Å². The van der Waals surface area contributed by atoms with Gasteiger partial charge in [-0.25, -0.2) is 0 Å². The lowest BCUT2D eigenvalue weighted by Gasteiger charge is -2.15. The number of fused-ring (bicyclic) bond motifs is 1. The first-order valence-corrected chi connectivity index (χ1v) is 8.07. The van der Waals surface area contributed by atoms with E-state index in [9.17, 15) is 14.7 Å². The van der Waals surface area contributed by atoms with E-state index in [1.165, 1.54) is 0 Å². The number of H-pyrrole nitrogens is 1. The van der Waals surface area contributed by atoms with Crippen LogP contribution in [0.1, 0.15) is 71.0 Å². The molecule has 1 aromatic heterocycles. The Morgan fingerprint density at radius 3 is 2.58 bits per heavy atom. The van der Waals surface area contributed by atoms with Gasteiger partial charge >= 0.3 is 5.97 Å².